The number of nitrogens with two attached hydrogens (primary N) is 1. The van der Waals surface area contributed by atoms with Gasteiger partial charge in [-0.05, 0) is 29.0 Å². The highest BCUT2D eigenvalue weighted by atomic mass is 16.3. The highest BCUT2D eigenvalue weighted by Crippen LogP contribution is 2.29. The van der Waals surface area contributed by atoms with E-state index in [4.69, 9.17) is 5.73 Å². The lowest BCUT2D eigenvalue weighted by atomic mass is 9.98. The van der Waals surface area contributed by atoms with Gasteiger partial charge in [0, 0.05) is 11.6 Å². The molecule has 0 aliphatic carbocycles. The van der Waals surface area contributed by atoms with E-state index < -0.39 is 0 Å². The van der Waals surface area contributed by atoms with Crippen molar-refractivity contribution in [1.29, 1.82) is 0 Å². The summed E-state index contributed by atoms with van der Waals surface area (Å²) in [5.74, 6) is 1.08. The van der Waals surface area contributed by atoms with Gasteiger partial charge in [0.2, 0.25) is 0 Å². The average Bonchev–Trinajstić information content (AvgIpc) is 2.19. The smallest absolute Gasteiger partial charge is 0.131 e. The van der Waals surface area contributed by atoms with Gasteiger partial charge in [0.25, 0.3) is 0 Å². The molecular formula is C12H14N2O. The summed E-state index contributed by atoms with van der Waals surface area (Å²) in [7, 11) is 0. The summed E-state index contributed by atoms with van der Waals surface area (Å²) in [6, 6.07) is 5.22. The molecular weight excluding hydrogens is 188 g/mol. The zero-order valence-corrected chi connectivity index (χ0v) is 8.86. The first-order chi connectivity index (χ1) is 7.09. The van der Waals surface area contributed by atoms with Crippen LogP contribution in [0.25, 0.3) is 10.8 Å². The number of nitrogen functional groups attached to an aromatic ring is 1. The van der Waals surface area contributed by atoms with Gasteiger partial charge in [-0.2, -0.15) is 0 Å². The number of rotatable bonds is 1. The Bertz CT molecular complexity index is 506. The standard InChI is InChI=1S/C12H14N2O/c1-7(2)11-6-14-12(13)10-5-8(15)3-4-9(10)11/h3-7,15H,1-2H3,(H2,13,14). The molecule has 0 aliphatic rings. The van der Waals surface area contributed by atoms with Crippen LogP contribution in [0, 0.1) is 0 Å². The highest BCUT2D eigenvalue weighted by Gasteiger charge is 2.08. The molecule has 3 heteroatoms. The van der Waals surface area contributed by atoms with Crippen molar-refractivity contribution >= 4 is 16.6 Å². The monoisotopic (exact) mass is 202 g/mol. The van der Waals surface area contributed by atoms with Crippen molar-refractivity contribution in [2.45, 2.75) is 19.8 Å². The summed E-state index contributed by atoms with van der Waals surface area (Å²) >= 11 is 0. The Morgan fingerprint density at radius 3 is 2.67 bits per heavy atom. The predicted molar refractivity (Wildman–Crippen MR) is 61.9 cm³/mol. The van der Waals surface area contributed by atoms with Crippen LogP contribution in [0.5, 0.6) is 5.75 Å². The zero-order chi connectivity index (χ0) is 11.0. The third-order valence-electron chi connectivity index (χ3n) is 2.55. The molecule has 0 saturated carbocycles. The Morgan fingerprint density at radius 2 is 2.00 bits per heavy atom. The maximum atomic E-state index is 9.40. The van der Waals surface area contributed by atoms with Crippen LogP contribution in [0.3, 0.4) is 0 Å². The third-order valence-corrected chi connectivity index (χ3v) is 2.55. The maximum Gasteiger partial charge on any atom is 0.131 e. The van der Waals surface area contributed by atoms with E-state index in [0.29, 0.717) is 11.7 Å². The van der Waals surface area contributed by atoms with Gasteiger partial charge in [0.1, 0.15) is 11.6 Å². The lowest BCUT2D eigenvalue weighted by Gasteiger charge is -2.10. The Morgan fingerprint density at radius 1 is 1.27 bits per heavy atom. The first kappa shape index (κ1) is 9.77. The molecule has 0 saturated heterocycles. The van der Waals surface area contributed by atoms with Gasteiger partial charge in [-0.3, -0.25) is 0 Å². The van der Waals surface area contributed by atoms with Gasteiger partial charge < -0.3 is 10.8 Å². The number of aromatic nitrogens is 1. The van der Waals surface area contributed by atoms with Gasteiger partial charge >= 0.3 is 0 Å². The fourth-order valence-electron chi connectivity index (χ4n) is 1.73. The number of hydrogen-bond acceptors (Lipinski definition) is 3. The van der Waals surface area contributed by atoms with Gasteiger partial charge in [0.05, 0.1) is 0 Å². The minimum atomic E-state index is 0.219. The summed E-state index contributed by atoms with van der Waals surface area (Å²) in [6.07, 6.45) is 1.80. The van der Waals surface area contributed by atoms with Crippen LogP contribution in [-0.2, 0) is 0 Å². The first-order valence-corrected chi connectivity index (χ1v) is 4.96. The van der Waals surface area contributed by atoms with E-state index in [2.05, 4.69) is 18.8 Å². The fourth-order valence-corrected chi connectivity index (χ4v) is 1.73. The van der Waals surface area contributed by atoms with E-state index >= 15 is 0 Å². The summed E-state index contributed by atoms with van der Waals surface area (Å²) in [6.45, 7) is 4.22. The number of fused-ring (bicyclic) bond motifs is 1. The summed E-state index contributed by atoms with van der Waals surface area (Å²) in [4.78, 5) is 4.14. The van der Waals surface area contributed by atoms with Crippen molar-refractivity contribution in [3.8, 4) is 5.75 Å². The lowest BCUT2D eigenvalue weighted by molar-refractivity contribution is 0.476. The van der Waals surface area contributed by atoms with E-state index in [-0.39, 0.29) is 5.75 Å². The molecule has 2 rings (SSSR count). The molecule has 0 radical (unpaired) electrons. The van der Waals surface area contributed by atoms with Crippen molar-refractivity contribution in [3.63, 3.8) is 0 Å². The largest absolute Gasteiger partial charge is 0.508 e. The molecule has 3 nitrogen and oxygen atoms in total. The van der Waals surface area contributed by atoms with Crippen LogP contribution >= 0.6 is 0 Å². The molecule has 0 spiro atoms. The molecule has 1 heterocycles. The molecule has 1 aromatic heterocycles. The topological polar surface area (TPSA) is 59.1 Å². The molecule has 0 atom stereocenters. The number of phenolic OH excluding ortho intramolecular Hbond substituents is 1. The van der Waals surface area contributed by atoms with Crippen LogP contribution in [0.4, 0.5) is 5.82 Å². The quantitative estimate of drug-likeness (QED) is 0.747. The maximum absolute atomic E-state index is 9.40. The van der Waals surface area contributed by atoms with Crippen LogP contribution in [0.1, 0.15) is 25.3 Å². The van der Waals surface area contributed by atoms with E-state index in [9.17, 15) is 5.11 Å². The lowest BCUT2D eigenvalue weighted by Crippen LogP contribution is -1.96. The van der Waals surface area contributed by atoms with E-state index in [1.54, 1.807) is 18.3 Å². The fraction of sp³-hybridized carbons (Fsp3) is 0.250. The molecule has 3 N–H and O–H groups in total. The van der Waals surface area contributed by atoms with E-state index in [1.165, 1.54) is 0 Å². The highest BCUT2D eigenvalue weighted by molar-refractivity contribution is 5.94. The summed E-state index contributed by atoms with van der Waals surface area (Å²) < 4.78 is 0. The summed E-state index contributed by atoms with van der Waals surface area (Å²) in [5.41, 5.74) is 6.92. The molecule has 0 unspecified atom stereocenters. The Hall–Kier alpha value is -1.77. The number of phenols is 1. The Kier molecular flexibility index (Phi) is 2.23. The van der Waals surface area contributed by atoms with Gasteiger partial charge in [0.15, 0.2) is 0 Å². The van der Waals surface area contributed by atoms with E-state index in [1.807, 2.05) is 6.07 Å². The van der Waals surface area contributed by atoms with E-state index in [0.717, 1.165) is 16.3 Å². The van der Waals surface area contributed by atoms with Crippen molar-refractivity contribution in [2.24, 2.45) is 0 Å². The number of benzene rings is 1. The van der Waals surface area contributed by atoms with Gasteiger partial charge in [-0.1, -0.05) is 19.9 Å². The normalized spacial score (nSPS) is 11.1. The molecule has 0 bridgehead atoms. The number of hydrogen-bond donors (Lipinski definition) is 2. The van der Waals surface area contributed by atoms with Crippen molar-refractivity contribution in [1.82, 2.24) is 4.98 Å². The predicted octanol–water partition coefficient (Wildman–Crippen LogP) is 2.65. The number of pyridine rings is 1. The van der Waals surface area contributed by atoms with Gasteiger partial charge in [-0.25, -0.2) is 4.98 Å². The Labute approximate surface area is 88.6 Å². The minimum absolute atomic E-state index is 0.219. The van der Waals surface area contributed by atoms with Crippen LogP contribution in [-0.4, -0.2) is 10.1 Å². The van der Waals surface area contributed by atoms with Crippen molar-refractivity contribution in [3.05, 3.63) is 30.0 Å². The minimum Gasteiger partial charge on any atom is -0.508 e. The van der Waals surface area contributed by atoms with Crippen LogP contribution in [0.15, 0.2) is 24.4 Å². The number of anilines is 1. The molecule has 2 aromatic rings. The third kappa shape index (κ3) is 1.61. The second kappa shape index (κ2) is 3.42. The van der Waals surface area contributed by atoms with Crippen LogP contribution in [0.2, 0.25) is 0 Å². The SMILES string of the molecule is CC(C)c1cnc(N)c2cc(O)ccc12. The zero-order valence-electron chi connectivity index (χ0n) is 8.86. The first-order valence-electron chi connectivity index (χ1n) is 4.96. The Balaban J connectivity index is 2.82. The van der Waals surface area contributed by atoms with Crippen molar-refractivity contribution in [2.75, 3.05) is 5.73 Å². The number of nitrogens with zero attached hydrogens (tertiary/aromatic N) is 1. The van der Waals surface area contributed by atoms with Gasteiger partial charge in [-0.15, -0.1) is 0 Å². The average molecular weight is 202 g/mol. The molecule has 78 valence electrons. The molecule has 0 fully saturated rings. The summed E-state index contributed by atoms with van der Waals surface area (Å²) in [5, 5.41) is 11.3. The molecule has 1 aromatic carbocycles. The second-order valence-corrected chi connectivity index (χ2v) is 3.98. The van der Waals surface area contributed by atoms with Crippen molar-refractivity contribution < 1.29 is 5.11 Å². The second-order valence-electron chi connectivity index (χ2n) is 3.98. The number of aromatic hydroxyl groups is 1. The molecule has 0 amide bonds. The van der Waals surface area contributed by atoms with Crippen LogP contribution < -0.4 is 5.73 Å². The molecule has 15 heavy (non-hydrogen) atoms. The molecule has 0 aliphatic heterocycles.